The Labute approximate surface area is 160 Å². The standard InChI is InChI=1S/C20H29N3O4/c1-12-8-15(9-13(2)21-12)27-17-11-26-18-16(10-25-19(17)18)23-20(24)22-14-6-4-3-5-7-14/h8-9,14,16-19H,3-7,10-11H2,1-2H3,(H2,22,23,24)/t16-,17-,18+,19+/m0/s1. The van der Waals surface area contributed by atoms with Crippen LogP contribution < -0.4 is 15.4 Å². The first-order valence-electron chi connectivity index (χ1n) is 10.0. The minimum Gasteiger partial charge on any atom is -0.485 e. The normalized spacial score (nSPS) is 30.7. The number of pyridine rings is 1. The summed E-state index contributed by atoms with van der Waals surface area (Å²) in [4.78, 5) is 16.7. The van der Waals surface area contributed by atoms with Crippen LogP contribution in [0.5, 0.6) is 5.75 Å². The summed E-state index contributed by atoms with van der Waals surface area (Å²) in [6.07, 6.45) is 5.28. The number of nitrogens with one attached hydrogen (secondary N) is 2. The molecule has 0 aromatic carbocycles. The Bertz CT molecular complexity index is 657. The fourth-order valence-corrected chi connectivity index (χ4v) is 4.37. The zero-order valence-electron chi connectivity index (χ0n) is 16.1. The zero-order valence-corrected chi connectivity index (χ0v) is 16.1. The topological polar surface area (TPSA) is 81.7 Å². The number of rotatable bonds is 4. The van der Waals surface area contributed by atoms with E-state index >= 15 is 0 Å². The zero-order chi connectivity index (χ0) is 18.8. The molecule has 148 valence electrons. The second kappa shape index (κ2) is 8.02. The van der Waals surface area contributed by atoms with Crippen molar-refractivity contribution in [2.24, 2.45) is 0 Å². The minimum absolute atomic E-state index is 0.121. The summed E-state index contributed by atoms with van der Waals surface area (Å²) in [6, 6.07) is 3.86. The van der Waals surface area contributed by atoms with Gasteiger partial charge in [0.15, 0.2) is 6.10 Å². The van der Waals surface area contributed by atoms with Gasteiger partial charge in [0, 0.05) is 29.6 Å². The summed E-state index contributed by atoms with van der Waals surface area (Å²) < 4.78 is 17.9. The lowest BCUT2D eigenvalue weighted by Crippen LogP contribution is -2.51. The number of urea groups is 1. The molecular formula is C20H29N3O4. The largest absolute Gasteiger partial charge is 0.485 e. The van der Waals surface area contributed by atoms with Gasteiger partial charge < -0.3 is 24.8 Å². The molecule has 3 fully saturated rings. The maximum Gasteiger partial charge on any atom is 0.315 e. The van der Waals surface area contributed by atoms with Crippen molar-refractivity contribution in [2.45, 2.75) is 76.3 Å². The molecule has 27 heavy (non-hydrogen) atoms. The Morgan fingerprint density at radius 3 is 2.48 bits per heavy atom. The maximum absolute atomic E-state index is 12.3. The predicted molar refractivity (Wildman–Crippen MR) is 99.9 cm³/mol. The van der Waals surface area contributed by atoms with E-state index in [1.54, 1.807) is 0 Å². The highest BCUT2D eigenvalue weighted by molar-refractivity contribution is 5.74. The molecule has 4 atom stereocenters. The van der Waals surface area contributed by atoms with Gasteiger partial charge in [-0.25, -0.2) is 4.79 Å². The van der Waals surface area contributed by atoms with E-state index in [9.17, 15) is 4.79 Å². The Balaban J connectivity index is 1.31. The van der Waals surface area contributed by atoms with Crippen molar-refractivity contribution < 1.29 is 19.0 Å². The molecule has 2 amide bonds. The molecule has 2 N–H and O–H groups in total. The minimum atomic E-state index is -0.176. The number of aromatic nitrogens is 1. The van der Waals surface area contributed by atoms with Crippen molar-refractivity contribution in [3.63, 3.8) is 0 Å². The molecular weight excluding hydrogens is 346 g/mol. The van der Waals surface area contributed by atoms with E-state index < -0.39 is 0 Å². The highest BCUT2D eigenvalue weighted by Gasteiger charge is 2.49. The summed E-state index contributed by atoms with van der Waals surface area (Å²) >= 11 is 0. The maximum atomic E-state index is 12.3. The first-order chi connectivity index (χ1) is 13.1. The van der Waals surface area contributed by atoms with Gasteiger partial charge >= 0.3 is 6.03 Å². The average Bonchev–Trinajstić information content (AvgIpc) is 3.19. The molecule has 2 saturated heterocycles. The fraction of sp³-hybridized carbons (Fsp3) is 0.700. The third-order valence-corrected chi connectivity index (χ3v) is 5.61. The molecule has 3 aliphatic rings. The number of hydrogen-bond acceptors (Lipinski definition) is 5. The molecule has 0 bridgehead atoms. The molecule has 1 aliphatic carbocycles. The van der Waals surface area contributed by atoms with E-state index in [2.05, 4.69) is 15.6 Å². The lowest BCUT2D eigenvalue weighted by Gasteiger charge is -2.24. The van der Waals surface area contributed by atoms with Gasteiger partial charge in [0.25, 0.3) is 0 Å². The van der Waals surface area contributed by atoms with Crippen molar-refractivity contribution in [1.29, 1.82) is 0 Å². The smallest absolute Gasteiger partial charge is 0.315 e. The molecule has 4 rings (SSSR count). The Kier molecular flexibility index (Phi) is 5.50. The van der Waals surface area contributed by atoms with Crippen LogP contribution in [0.3, 0.4) is 0 Å². The van der Waals surface area contributed by atoms with Gasteiger partial charge in [-0.3, -0.25) is 4.98 Å². The van der Waals surface area contributed by atoms with E-state index in [1.807, 2.05) is 26.0 Å². The van der Waals surface area contributed by atoms with E-state index in [4.69, 9.17) is 14.2 Å². The number of nitrogens with zero attached hydrogens (tertiary/aromatic N) is 1. The summed E-state index contributed by atoms with van der Waals surface area (Å²) in [6.45, 7) is 4.80. The third-order valence-electron chi connectivity index (χ3n) is 5.61. The van der Waals surface area contributed by atoms with Crippen molar-refractivity contribution in [3.05, 3.63) is 23.5 Å². The second-order valence-corrected chi connectivity index (χ2v) is 7.90. The van der Waals surface area contributed by atoms with Gasteiger partial charge in [0.2, 0.25) is 0 Å². The number of hydrogen-bond donors (Lipinski definition) is 2. The Morgan fingerprint density at radius 1 is 1.04 bits per heavy atom. The second-order valence-electron chi connectivity index (χ2n) is 7.90. The number of fused-ring (bicyclic) bond motifs is 1. The predicted octanol–water partition coefficient (Wildman–Crippen LogP) is 2.24. The average molecular weight is 375 g/mol. The number of ether oxygens (including phenoxy) is 3. The van der Waals surface area contributed by atoms with Crippen molar-refractivity contribution in [2.75, 3.05) is 13.2 Å². The van der Waals surface area contributed by atoms with Gasteiger partial charge in [-0.2, -0.15) is 0 Å². The van der Waals surface area contributed by atoms with Crippen LogP contribution in [0.2, 0.25) is 0 Å². The van der Waals surface area contributed by atoms with Crippen molar-refractivity contribution in [3.8, 4) is 5.75 Å². The number of aryl methyl sites for hydroxylation is 2. The summed E-state index contributed by atoms with van der Waals surface area (Å²) in [5.41, 5.74) is 1.85. The molecule has 0 spiro atoms. The third kappa shape index (κ3) is 4.35. The molecule has 0 radical (unpaired) electrons. The summed E-state index contributed by atoms with van der Waals surface area (Å²) in [5, 5.41) is 6.12. The number of carbonyl (C=O) groups excluding carboxylic acids is 1. The first-order valence-corrected chi connectivity index (χ1v) is 10.0. The monoisotopic (exact) mass is 375 g/mol. The van der Waals surface area contributed by atoms with Crippen LogP contribution in [-0.4, -0.2) is 54.6 Å². The molecule has 0 unspecified atom stereocenters. The van der Waals surface area contributed by atoms with Crippen LogP contribution in [0, 0.1) is 13.8 Å². The van der Waals surface area contributed by atoms with Crippen molar-refractivity contribution in [1.82, 2.24) is 15.6 Å². The SMILES string of the molecule is Cc1cc(O[C@H]2CO[C@H]3[C@@H]2OC[C@@H]3NC(=O)NC2CCCCC2)cc(C)n1. The Morgan fingerprint density at radius 2 is 1.74 bits per heavy atom. The molecule has 3 heterocycles. The Hall–Kier alpha value is -1.86. The van der Waals surface area contributed by atoms with Crippen LogP contribution in [-0.2, 0) is 9.47 Å². The van der Waals surface area contributed by atoms with Gasteiger partial charge in [-0.05, 0) is 26.7 Å². The van der Waals surface area contributed by atoms with E-state index in [1.165, 1.54) is 19.3 Å². The highest BCUT2D eigenvalue weighted by atomic mass is 16.6. The summed E-state index contributed by atoms with van der Waals surface area (Å²) in [5.74, 6) is 0.782. The molecule has 7 heteroatoms. The first kappa shape index (κ1) is 18.5. The van der Waals surface area contributed by atoms with Crippen LogP contribution in [0.1, 0.15) is 43.5 Å². The van der Waals surface area contributed by atoms with Crippen LogP contribution in [0.25, 0.3) is 0 Å². The van der Waals surface area contributed by atoms with Crippen LogP contribution >= 0.6 is 0 Å². The fourth-order valence-electron chi connectivity index (χ4n) is 4.37. The van der Waals surface area contributed by atoms with E-state index in [-0.39, 0.29) is 36.4 Å². The quantitative estimate of drug-likeness (QED) is 0.844. The van der Waals surface area contributed by atoms with Gasteiger partial charge in [0.1, 0.15) is 18.0 Å². The molecule has 1 aromatic rings. The molecule has 2 aliphatic heterocycles. The van der Waals surface area contributed by atoms with Crippen LogP contribution in [0.4, 0.5) is 4.79 Å². The van der Waals surface area contributed by atoms with Gasteiger partial charge in [-0.15, -0.1) is 0 Å². The van der Waals surface area contributed by atoms with Gasteiger partial charge in [-0.1, -0.05) is 19.3 Å². The highest BCUT2D eigenvalue weighted by Crippen LogP contribution is 2.30. The van der Waals surface area contributed by atoms with E-state index in [0.29, 0.717) is 13.2 Å². The van der Waals surface area contributed by atoms with Crippen molar-refractivity contribution >= 4 is 6.03 Å². The lowest BCUT2D eigenvalue weighted by molar-refractivity contribution is 0.0303. The number of amides is 2. The number of carbonyl (C=O) groups is 1. The lowest BCUT2D eigenvalue weighted by atomic mass is 9.96. The van der Waals surface area contributed by atoms with Gasteiger partial charge in [0.05, 0.1) is 19.3 Å². The molecule has 7 nitrogen and oxygen atoms in total. The molecule has 1 aromatic heterocycles. The molecule has 1 saturated carbocycles. The van der Waals surface area contributed by atoms with E-state index in [0.717, 1.165) is 30.0 Å². The summed E-state index contributed by atoms with van der Waals surface area (Å²) in [7, 11) is 0. The van der Waals surface area contributed by atoms with Crippen LogP contribution in [0.15, 0.2) is 12.1 Å².